The first-order valence-electron chi connectivity index (χ1n) is 6.25. The maximum Gasteiger partial charge on any atom is 0.246 e. The number of nitrogens with zero attached hydrogens (tertiary/aromatic N) is 1. The van der Waals surface area contributed by atoms with Crippen LogP contribution < -0.4 is 0 Å². The van der Waals surface area contributed by atoms with E-state index in [1.807, 2.05) is 26.0 Å². The SMILES string of the molecule is C=CCN(CC=C)CCC[Si](F)(CC)CC. The Hall–Kier alpha value is -0.413. The van der Waals surface area contributed by atoms with Crippen molar-refractivity contribution in [3.8, 4) is 0 Å². The van der Waals surface area contributed by atoms with Crippen LogP contribution in [-0.2, 0) is 0 Å². The van der Waals surface area contributed by atoms with Gasteiger partial charge in [-0.3, -0.25) is 4.90 Å². The van der Waals surface area contributed by atoms with Gasteiger partial charge in [0.1, 0.15) is 0 Å². The Balaban J connectivity index is 3.91. The van der Waals surface area contributed by atoms with Crippen molar-refractivity contribution in [1.82, 2.24) is 4.90 Å². The Bertz CT molecular complexity index is 192. The Morgan fingerprint density at radius 1 is 1.12 bits per heavy atom. The summed E-state index contributed by atoms with van der Waals surface area (Å²) in [6.07, 6.45) is 4.75. The van der Waals surface area contributed by atoms with Crippen molar-refractivity contribution in [2.75, 3.05) is 19.6 Å². The van der Waals surface area contributed by atoms with Gasteiger partial charge < -0.3 is 4.11 Å². The topological polar surface area (TPSA) is 3.24 Å². The van der Waals surface area contributed by atoms with Gasteiger partial charge in [0.15, 0.2) is 0 Å². The molecule has 0 aromatic rings. The zero-order valence-electron chi connectivity index (χ0n) is 10.8. The smallest absolute Gasteiger partial charge is 0.246 e. The summed E-state index contributed by atoms with van der Waals surface area (Å²) in [5.41, 5.74) is 0. The van der Waals surface area contributed by atoms with Crippen molar-refractivity contribution in [3.05, 3.63) is 25.3 Å². The summed E-state index contributed by atoms with van der Waals surface area (Å²) in [4.78, 5) is 2.25. The molecule has 16 heavy (non-hydrogen) atoms. The highest BCUT2D eigenvalue weighted by Gasteiger charge is 2.28. The van der Waals surface area contributed by atoms with Crippen molar-refractivity contribution in [3.63, 3.8) is 0 Å². The molecule has 0 spiro atoms. The van der Waals surface area contributed by atoms with Crippen molar-refractivity contribution in [1.29, 1.82) is 0 Å². The predicted molar refractivity (Wildman–Crippen MR) is 74.1 cm³/mol. The summed E-state index contributed by atoms with van der Waals surface area (Å²) in [6, 6.07) is 2.31. The molecule has 0 amide bonds. The fourth-order valence-electron chi connectivity index (χ4n) is 1.85. The van der Waals surface area contributed by atoms with Crippen LogP contribution in [0.5, 0.6) is 0 Å². The van der Waals surface area contributed by atoms with Gasteiger partial charge in [-0.05, 0) is 31.1 Å². The van der Waals surface area contributed by atoms with Crippen LogP contribution in [0, 0.1) is 0 Å². The van der Waals surface area contributed by atoms with Crippen molar-refractivity contribution in [2.45, 2.75) is 38.4 Å². The molecule has 0 saturated heterocycles. The van der Waals surface area contributed by atoms with Gasteiger partial charge in [-0.25, -0.2) is 0 Å². The average Bonchev–Trinajstić information content (AvgIpc) is 2.29. The van der Waals surface area contributed by atoms with Gasteiger partial charge in [-0.2, -0.15) is 0 Å². The standard InChI is InChI=1S/C13H26FNSi/c1-5-10-15(11-6-2)12-9-13-16(14,7-3)8-4/h5-6H,1-2,7-13H2,3-4H3. The van der Waals surface area contributed by atoms with Crippen LogP contribution in [0.1, 0.15) is 20.3 Å². The van der Waals surface area contributed by atoms with E-state index in [1.54, 1.807) is 0 Å². The largest absolute Gasteiger partial charge is 0.314 e. The number of halogens is 1. The van der Waals surface area contributed by atoms with Crippen LogP contribution in [0.2, 0.25) is 18.1 Å². The maximum atomic E-state index is 14.2. The molecule has 0 radical (unpaired) electrons. The summed E-state index contributed by atoms with van der Waals surface area (Å²) < 4.78 is 14.2. The van der Waals surface area contributed by atoms with E-state index in [2.05, 4.69) is 18.1 Å². The Morgan fingerprint density at radius 3 is 2.00 bits per heavy atom. The Morgan fingerprint density at radius 2 is 1.62 bits per heavy atom. The number of hydrogen-bond acceptors (Lipinski definition) is 1. The van der Waals surface area contributed by atoms with E-state index in [0.29, 0.717) is 0 Å². The molecule has 0 saturated carbocycles. The summed E-state index contributed by atoms with van der Waals surface area (Å²) in [6.45, 7) is 14.1. The molecule has 0 aliphatic carbocycles. The molecule has 0 heterocycles. The van der Waals surface area contributed by atoms with Gasteiger partial charge >= 0.3 is 0 Å². The highest BCUT2D eigenvalue weighted by molar-refractivity contribution is 6.73. The van der Waals surface area contributed by atoms with E-state index in [0.717, 1.165) is 44.2 Å². The lowest BCUT2D eigenvalue weighted by Gasteiger charge is -2.22. The van der Waals surface area contributed by atoms with Gasteiger partial charge in [0.05, 0.1) is 0 Å². The van der Waals surface area contributed by atoms with E-state index < -0.39 is 8.41 Å². The minimum atomic E-state index is -2.39. The van der Waals surface area contributed by atoms with Gasteiger partial charge in [0.2, 0.25) is 8.41 Å². The van der Waals surface area contributed by atoms with Crippen LogP contribution in [-0.4, -0.2) is 32.9 Å². The van der Waals surface area contributed by atoms with Gasteiger partial charge in [-0.1, -0.05) is 26.0 Å². The maximum absolute atomic E-state index is 14.2. The minimum Gasteiger partial charge on any atom is -0.314 e. The third-order valence-corrected chi connectivity index (χ3v) is 6.93. The molecule has 94 valence electrons. The highest BCUT2D eigenvalue weighted by atomic mass is 28.4. The first-order valence-corrected chi connectivity index (χ1v) is 8.74. The molecule has 0 unspecified atom stereocenters. The zero-order valence-corrected chi connectivity index (χ0v) is 11.8. The third kappa shape index (κ3) is 6.23. The molecule has 0 N–H and O–H groups in total. The average molecular weight is 243 g/mol. The molecule has 0 bridgehead atoms. The van der Waals surface area contributed by atoms with Crippen molar-refractivity contribution < 1.29 is 4.11 Å². The normalized spacial score (nSPS) is 11.8. The second-order valence-corrected chi connectivity index (χ2v) is 8.51. The molecule has 0 atom stereocenters. The second-order valence-electron chi connectivity index (χ2n) is 4.30. The molecule has 3 heteroatoms. The minimum absolute atomic E-state index is 0.756. The first-order chi connectivity index (χ1) is 7.61. The van der Waals surface area contributed by atoms with Crippen molar-refractivity contribution >= 4 is 8.41 Å². The predicted octanol–water partition coefficient (Wildman–Crippen LogP) is 4.01. The van der Waals surface area contributed by atoms with E-state index in [9.17, 15) is 4.11 Å². The second kappa shape index (κ2) is 8.71. The summed E-state index contributed by atoms with van der Waals surface area (Å²) in [5, 5.41) is 0. The van der Waals surface area contributed by atoms with Crippen LogP contribution in [0.25, 0.3) is 0 Å². The van der Waals surface area contributed by atoms with Crippen LogP contribution in [0.15, 0.2) is 25.3 Å². The molecule has 0 aromatic carbocycles. The van der Waals surface area contributed by atoms with Crippen LogP contribution in [0.3, 0.4) is 0 Å². The lowest BCUT2D eigenvalue weighted by molar-refractivity contribution is 0.334. The highest BCUT2D eigenvalue weighted by Crippen LogP contribution is 2.23. The quantitative estimate of drug-likeness (QED) is 0.318. The van der Waals surface area contributed by atoms with E-state index >= 15 is 0 Å². The first kappa shape index (κ1) is 15.6. The third-order valence-electron chi connectivity index (χ3n) is 3.14. The lowest BCUT2D eigenvalue weighted by Crippen LogP contribution is -2.30. The summed E-state index contributed by atoms with van der Waals surface area (Å²) in [7, 11) is -2.39. The molecule has 0 aliphatic rings. The summed E-state index contributed by atoms with van der Waals surface area (Å²) >= 11 is 0. The molecule has 0 fully saturated rings. The van der Waals surface area contributed by atoms with Gasteiger partial charge in [0.25, 0.3) is 0 Å². The molecule has 1 nitrogen and oxygen atoms in total. The van der Waals surface area contributed by atoms with E-state index in [4.69, 9.17) is 0 Å². The van der Waals surface area contributed by atoms with Crippen LogP contribution in [0.4, 0.5) is 4.11 Å². The van der Waals surface area contributed by atoms with Gasteiger partial charge in [0, 0.05) is 13.1 Å². The molecule has 0 aromatic heterocycles. The number of hydrogen-bond donors (Lipinski definition) is 0. The zero-order chi connectivity index (χ0) is 12.4. The van der Waals surface area contributed by atoms with Crippen molar-refractivity contribution in [2.24, 2.45) is 0 Å². The summed E-state index contributed by atoms with van der Waals surface area (Å²) in [5.74, 6) is 0. The van der Waals surface area contributed by atoms with E-state index in [1.165, 1.54) is 0 Å². The lowest BCUT2D eigenvalue weighted by atomic mass is 10.4. The molecule has 0 aliphatic heterocycles. The van der Waals surface area contributed by atoms with Gasteiger partial charge in [-0.15, -0.1) is 13.2 Å². The Kier molecular flexibility index (Phi) is 8.48. The Labute approximate surface area is 101 Å². The van der Waals surface area contributed by atoms with Crippen LogP contribution >= 0.6 is 0 Å². The molecule has 0 rings (SSSR count). The fraction of sp³-hybridized carbons (Fsp3) is 0.692. The monoisotopic (exact) mass is 243 g/mol. The molecular weight excluding hydrogens is 217 g/mol. The van der Waals surface area contributed by atoms with E-state index in [-0.39, 0.29) is 0 Å². The molecular formula is C13H26FNSi. The fourth-order valence-corrected chi connectivity index (χ4v) is 3.84. The number of rotatable bonds is 10.